The van der Waals surface area contributed by atoms with Crippen molar-refractivity contribution in [3.63, 3.8) is 0 Å². The third-order valence-corrected chi connectivity index (χ3v) is 4.68. The number of phenols is 1. The first-order chi connectivity index (χ1) is 9.85. The number of anilines is 1. The third kappa shape index (κ3) is 3.10. The smallest absolute Gasteiger partial charge is 0.263 e. The van der Waals surface area contributed by atoms with Gasteiger partial charge in [0.25, 0.3) is 10.0 Å². The fourth-order valence-electron chi connectivity index (χ4n) is 1.73. The Hall–Kier alpha value is -2.23. The van der Waals surface area contributed by atoms with Gasteiger partial charge in [-0.05, 0) is 36.8 Å². The van der Waals surface area contributed by atoms with E-state index in [4.69, 9.17) is 16.9 Å². The molecule has 108 valence electrons. The standard InChI is InChI=1S/C14H11ClN2O3S/c1-9-3-2-4-12(14(9)18)17-21(19,20)13-6-5-10(8-16)7-11(13)15/h2-7,17-18H,1H3. The molecule has 0 aliphatic heterocycles. The van der Waals surface area contributed by atoms with E-state index >= 15 is 0 Å². The van der Waals surface area contributed by atoms with Gasteiger partial charge in [-0.1, -0.05) is 23.7 Å². The number of nitriles is 1. The SMILES string of the molecule is Cc1cccc(NS(=O)(=O)c2ccc(C#N)cc2Cl)c1O. The number of nitrogens with zero attached hydrogens (tertiary/aromatic N) is 1. The molecule has 0 fully saturated rings. The zero-order valence-electron chi connectivity index (χ0n) is 11.0. The van der Waals surface area contributed by atoms with E-state index in [-0.39, 0.29) is 26.9 Å². The van der Waals surface area contributed by atoms with Crippen LogP contribution in [0, 0.1) is 18.3 Å². The molecule has 2 N–H and O–H groups in total. The average Bonchev–Trinajstić information content (AvgIpc) is 2.43. The van der Waals surface area contributed by atoms with E-state index in [9.17, 15) is 13.5 Å². The Kier molecular flexibility index (Phi) is 4.07. The molecule has 0 radical (unpaired) electrons. The lowest BCUT2D eigenvalue weighted by Crippen LogP contribution is -2.13. The van der Waals surface area contributed by atoms with Crippen LogP contribution in [0.4, 0.5) is 5.69 Å². The van der Waals surface area contributed by atoms with E-state index in [1.54, 1.807) is 19.1 Å². The highest BCUT2D eigenvalue weighted by Crippen LogP contribution is 2.30. The van der Waals surface area contributed by atoms with E-state index in [1.807, 2.05) is 6.07 Å². The van der Waals surface area contributed by atoms with Crippen molar-refractivity contribution in [2.75, 3.05) is 4.72 Å². The summed E-state index contributed by atoms with van der Waals surface area (Å²) < 4.78 is 26.9. The predicted molar refractivity (Wildman–Crippen MR) is 79.8 cm³/mol. The summed E-state index contributed by atoms with van der Waals surface area (Å²) in [5.74, 6) is -0.147. The lowest BCUT2D eigenvalue weighted by Gasteiger charge is -2.12. The first-order valence-electron chi connectivity index (χ1n) is 5.86. The molecule has 7 heteroatoms. The van der Waals surface area contributed by atoms with E-state index in [2.05, 4.69) is 4.72 Å². The van der Waals surface area contributed by atoms with Gasteiger partial charge in [-0.3, -0.25) is 4.72 Å². The van der Waals surface area contributed by atoms with Gasteiger partial charge in [-0.25, -0.2) is 8.42 Å². The summed E-state index contributed by atoms with van der Waals surface area (Å²) in [6, 6.07) is 10.5. The molecule has 5 nitrogen and oxygen atoms in total. The summed E-state index contributed by atoms with van der Waals surface area (Å²) in [5.41, 5.74) is 0.869. The van der Waals surface area contributed by atoms with Gasteiger partial charge in [-0.15, -0.1) is 0 Å². The van der Waals surface area contributed by atoms with E-state index in [0.717, 1.165) is 0 Å². The van der Waals surface area contributed by atoms with Crippen LogP contribution in [0.25, 0.3) is 0 Å². The Morgan fingerprint density at radius 2 is 2.00 bits per heavy atom. The molecule has 0 amide bonds. The number of aromatic hydroxyl groups is 1. The minimum absolute atomic E-state index is 0.0614. The van der Waals surface area contributed by atoms with E-state index in [0.29, 0.717) is 5.56 Å². The van der Waals surface area contributed by atoms with Crippen LogP contribution < -0.4 is 4.72 Å². The lowest BCUT2D eigenvalue weighted by molar-refractivity contribution is 0.473. The molecule has 0 aromatic heterocycles. The second kappa shape index (κ2) is 5.64. The highest BCUT2D eigenvalue weighted by Gasteiger charge is 2.20. The molecule has 0 spiro atoms. The van der Waals surface area contributed by atoms with Crippen molar-refractivity contribution < 1.29 is 13.5 Å². The molecule has 0 heterocycles. The van der Waals surface area contributed by atoms with Gasteiger partial charge in [0.15, 0.2) is 0 Å². The van der Waals surface area contributed by atoms with Crippen LogP contribution in [0.5, 0.6) is 5.75 Å². The van der Waals surface area contributed by atoms with Crippen molar-refractivity contribution in [2.45, 2.75) is 11.8 Å². The molecule has 2 aromatic carbocycles. The van der Waals surface area contributed by atoms with Crippen LogP contribution in [0.15, 0.2) is 41.3 Å². The Morgan fingerprint density at radius 1 is 1.29 bits per heavy atom. The van der Waals surface area contributed by atoms with E-state index in [1.165, 1.54) is 24.3 Å². The van der Waals surface area contributed by atoms with Crippen LogP contribution in [0.1, 0.15) is 11.1 Å². The molecular weight excluding hydrogens is 312 g/mol. The zero-order chi connectivity index (χ0) is 15.6. The number of benzene rings is 2. The second-order valence-corrected chi connectivity index (χ2v) is 6.39. The third-order valence-electron chi connectivity index (χ3n) is 2.83. The Morgan fingerprint density at radius 3 is 2.62 bits per heavy atom. The largest absolute Gasteiger partial charge is 0.505 e. The molecule has 0 unspecified atom stereocenters. The van der Waals surface area contributed by atoms with Crippen molar-refractivity contribution in [1.29, 1.82) is 5.26 Å². The van der Waals surface area contributed by atoms with Crippen molar-refractivity contribution >= 4 is 27.3 Å². The maximum atomic E-state index is 12.3. The Bertz CT molecular complexity index is 842. The lowest BCUT2D eigenvalue weighted by atomic mass is 10.2. The van der Waals surface area contributed by atoms with Crippen molar-refractivity contribution in [2.24, 2.45) is 0 Å². The highest BCUT2D eigenvalue weighted by molar-refractivity contribution is 7.92. The predicted octanol–water partition coefficient (Wildman–Crippen LogP) is 3.03. The molecule has 0 saturated heterocycles. The van der Waals surface area contributed by atoms with E-state index < -0.39 is 10.0 Å². The topological polar surface area (TPSA) is 90.2 Å². The number of aryl methyl sites for hydroxylation is 1. The number of hydrogen-bond acceptors (Lipinski definition) is 4. The minimum atomic E-state index is -3.96. The number of phenolic OH excluding ortho intramolecular Hbond substituents is 1. The maximum absolute atomic E-state index is 12.3. The summed E-state index contributed by atoms with van der Waals surface area (Å²) in [6.45, 7) is 1.65. The van der Waals surface area contributed by atoms with Gasteiger partial charge in [0.05, 0.1) is 22.3 Å². The summed E-state index contributed by atoms with van der Waals surface area (Å²) in [7, 11) is -3.96. The fourth-order valence-corrected chi connectivity index (χ4v) is 3.34. The quantitative estimate of drug-likeness (QED) is 0.850. The monoisotopic (exact) mass is 322 g/mol. The fraction of sp³-hybridized carbons (Fsp3) is 0.0714. The summed E-state index contributed by atoms with van der Waals surface area (Å²) in [6.07, 6.45) is 0. The number of hydrogen-bond donors (Lipinski definition) is 2. The summed E-state index contributed by atoms with van der Waals surface area (Å²) in [4.78, 5) is -0.163. The first-order valence-corrected chi connectivity index (χ1v) is 7.72. The summed E-state index contributed by atoms with van der Waals surface area (Å²) >= 11 is 5.90. The molecule has 0 aliphatic rings. The number of sulfonamides is 1. The molecular formula is C14H11ClN2O3S. The van der Waals surface area contributed by atoms with Crippen LogP contribution in [0.3, 0.4) is 0 Å². The summed E-state index contributed by atoms with van der Waals surface area (Å²) in [5, 5.41) is 18.5. The van der Waals surface area contributed by atoms with Gasteiger partial charge < -0.3 is 5.11 Å². The normalized spacial score (nSPS) is 10.9. The van der Waals surface area contributed by atoms with Crippen LogP contribution in [-0.4, -0.2) is 13.5 Å². The maximum Gasteiger partial charge on any atom is 0.263 e. The number of nitrogens with one attached hydrogen (secondary N) is 1. The first kappa shape index (κ1) is 15.2. The molecule has 21 heavy (non-hydrogen) atoms. The number of halogens is 1. The van der Waals surface area contributed by atoms with Crippen molar-refractivity contribution in [3.05, 3.63) is 52.5 Å². The molecule has 0 atom stereocenters. The second-order valence-electron chi connectivity index (χ2n) is 4.33. The Labute approximate surface area is 127 Å². The highest BCUT2D eigenvalue weighted by atomic mass is 35.5. The average molecular weight is 323 g/mol. The van der Waals surface area contributed by atoms with Gasteiger partial charge in [0, 0.05) is 0 Å². The van der Waals surface area contributed by atoms with Crippen molar-refractivity contribution in [3.8, 4) is 11.8 Å². The van der Waals surface area contributed by atoms with Gasteiger partial charge in [0.2, 0.25) is 0 Å². The Balaban J connectivity index is 2.44. The zero-order valence-corrected chi connectivity index (χ0v) is 12.5. The molecule has 0 aliphatic carbocycles. The molecule has 0 saturated carbocycles. The van der Waals surface area contributed by atoms with Gasteiger partial charge >= 0.3 is 0 Å². The van der Waals surface area contributed by atoms with Crippen LogP contribution in [0.2, 0.25) is 5.02 Å². The molecule has 2 rings (SSSR count). The number of para-hydroxylation sites is 1. The van der Waals surface area contributed by atoms with Crippen molar-refractivity contribution in [1.82, 2.24) is 0 Å². The molecule has 2 aromatic rings. The number of rotatable bonds is 3. The molecule has 0 bridgehead atoms. The van der Waals surface area contributed by atoms with Crippen LogP contribution in [-0.2, 0) is 10.0 Å². The minimum Gasteiger partial charge on any atom is -0.505 e. The van der Waals surface area contributed by atoms with Gasteiger partial charge in [0.1, 0.15) is 10.6 Å². The van der Waals surface area contributed by atoms with Gasteiger partial charge in [-0.2, -0.15) is 5.26 Å². The van der Waals surface area contributed by atoms with Crippen LogP contribution >= 0.6 is 11.6 Å².